The van der Waals surface area contributed by atoms with Crippen LogP contribution in [0.5, 0.6) is 0 Å². The minimum atomic E-state index is -1.86. The summed E-state index contributed by atoms with van der Waals surface area (Å²) >= 11 is 0. The molecular weight excluding hydrogens is 1030 g/mol. The molecule has 0 fully saturated rings. The van der Waals surface area contributed by atoms with Crippen LogP contribution in [-0.2, 0) is 76.6 Å². The first-order chi connectivity index (χ1) is 38.7. The number of carbonyl (C=O) groups is 7. The maximum absolute atomic E-state index is 15.0. The molecule has 2 heterocycles. The predicted molar refractivity (Wildman–Crippen MR) is 304 cm³/mol. The number of nitrogens with one attached hydrogen (secondary N) is 6. The van der Waals surface area contributed by atoms with Crippen molar-refractivity contribution in [2.75, 3.05) is 7.11 Å². The van der Waals surface area contributed by atoms with Gasteiger partial charge in [0.1, 0.15) is 40.8 Å². The van der Waals surface area contributed by atoms with Crippen LogP contribution in [-0.4, -0.2) is 103 Å². The summed E-state index contributed by atoms with van der Waals surface area (Å²) in [5.74, 6) is -4.81. The molecule has 19 nitrogen and oxygen atoms in total. The Morgan fingerprint density at radius 2 is 1.06 bits per heavy atom. The number of hydrogen-bond donors (Lipinski definition) is 6. The van der Waals surface area contributed by atoms with E-state index >= 15 is 9.59 Å². The fourth-order valence-corrected chi connectivity index (χ4v) is 9.22. The van der Waals surface area contributed by atoms with Gasteiger partial charge in [0.25, 0.3) is 0 Å². The van der Waals surface area contributed by atoms with E-state index in [-0.39, 0.29) is 19.3 Å². The molecule has 19 heteroatoms. The summed E-state index contributed by atoms with van der Waals surface area (Å²) in [6.07, 6.45) is 4.63. The van der Waals surface area contributed by atoms with Crippen LogP contribution in [0, 0.1) is 0 Å². The van der Waals surface area contributed by atoms with Crippen LogP contribution in [0.25, 0.3) is 0 Å². The standard InChI is InChI=1S/C62H70N10O9/c1-60(2,3)81-59(79)68-50(35-48-37-63-40-71(48)6)55(75)65-51(36-53(73)69-62(44-27-17-10-18-28-44,45-29-19-11-20-30-45)46-31-21-12-22-32-46)56(76)70-61(4,5)58(78)67-49(34-47-39-72(41-64-47)38-43-25-15-9-16-26-43)54(74)66-52(57(77)80-7)33-42-23-13-8-14-24-42/h8-32,37,39-41,49-52H,33-36,38H2,1-7H3,(H,65,75)(H,66,74)(H,67,78)(H,68,79)(H,69,73)(H,70,76)/t49-,50-,51-,52-/m0/s1. The lowest BCUT2D eigenvalue weighted by molar-refractivity contribution is -0.145. The van der Waals surface area contributed by atoms with Crippen LogP contribution in [0.4, 0.5) is 4.79 Å². The maximum Gasteiger partial charge on any atom is 0.408 e. The lowest BCUT2D eigenvalue weighted by Crippen LogP contribution is -2.63. The van der Waals surface area contributed by atoms with Gasteiger partial charge < -0.3 is 50.5 Å². The molecule has 0 saturated heterocycles. The van der Waals surface area contributed by atoms with E-state index in [1.807, 2.05) is 132 Å². The molecule has 4 atom stereocenters. The summed E-state index contributed by atoms with van der Waals surface area (Å²) in [4.78, 5) is 109. The average molecular weight is 1100 g/mol. The number of alkyl carbamates (subject to hydrolysis) is 1. The highest BCUT2D eigenvalue weighted by atomic mass is 16.6. The number of rotatable bonds is 24. The number of nitrogens with zero attached hydrogens (tertiary/aromatic N) is 4. The fraction of sp³-hybridized carbons (Fsp3) is 0.306. The molecule has 81 heavy (non-hydrogen) atoms. The summed E-state index contributed by atoms with van der Waals surface area (Å²) in [5, 5.41) is 16.9. The molecule has 0 spiro atoms. The zero-order valence-corrected chi connectivity index (χ0v) is 46.6. The molecule has 2 aromatic heterocycles. The lowest BCUT2D eigenvalue weighted by Gasteiger charge is -2.37. The Balaban J connectivity index is 1.21. The first-order valence-corrected chi connectivity index (χ1v) is 26.6. The van der Waals surface area contributed by atoms with Crippen molar-refractivity contribution >= 4 is 41.6 Å². The van der Waals surface area contributed by atoms with Crippen molar-refractivity contribution in [1.29, 1.82) is 0 Å². The molecule has 0 unspecified atom stereocenters. The van der Waals surface area contributed by atoms with E-state index in [2.05, 4.69) is 41.9 Å². The molecule has 0 saturated carbocycles. The van der Waals surface area contributed by atoms with E-state index in [1.165, 1.54) is 33.5 Å². The van der Waals surface area contributed by atoms with Crippen molar-refractivity contribution in [2.45, 2.75) is 108 Å². The largest absolute Gasteiger partial charge is 0.467 e. The van der Waals surface area contributed by atoms with Gasteiger partial charge in [-0.1, -0.05) is 152 Å². The number of esters is 1. The minimum absolute atomic E-state index is 0.0766. The Kier molecular flexibility index (Phi) is 19.7. The molecule has 422 valence electrons. The Hall–Kier alpha value is -9.39. The van der Waals surface area contributed by atoms with E-state index in [4.69, 9.17) is 9.47 Å². The molecule has 5 aromatic carbocycles. The molecule has 0 aliphatic carbocycles. The van der Waals surface area contributed by atoms with Crippen LogP contribution < -0.4 is 31.9 Å². The third-order valence-corrected chi connectivity index (χ3v) is 13.3. The third kappa shape index (κ3) is 16.3. The molecular formula is C62H70N10O9. The Morgan fingerprint density at radius 1 is 0.556 bits per heavy atom. The summed E-state index contributed by atoms with van der Waals surface area (Å²) in [7, 11) is 2.92. The number of carbonyl (C=O) groups excluding carboxylic acids is 7. The van der Waals surface area contributed by atoms with Crippen molar-refractivity contribution in [3.63, 3.8) is 0 Å². The molecule has 7 aromatic rings. The first kappa shape index (κ1) is 59.3. The van der Waals surface area contributed by atoms with Crippen LogP contribution in [0.15, 0.2) is 177 Å². The summed E-state index contributed by atoms with van der Waals surface area (Å²) in [6.45, 7) is 8.27. The quantitative estimate of drug-likeness (QED) is 0.0321. The van der Waals surface area contributed by atoms with Gasteiger partial charge in [-0.25, -0.2) is 19.6 Å². The molecule has 0 aliphatic rings. The Labute approximate surface area is 471 Å². The van der Waals surface area contributed by atoms with E-state index in [0.717, 1.165) is 11.1 Å². The maximum atomic E-state index is 15.0. The number of imidazole rings is 2. The topological polar surface area (TPSA) is 246 Å². The number of ether oxygens (including phenoxy) is 2. The van der Waals surface area contributed by atoms with E-state index in [0.29, 0.717) is 34.6 Å². The van der Waals surface area contributed by atoms with E-state index in [9.17, 15) is 24.0 Å². The number of aryl methyl sites for hydroxylation is 1. The van der Waals surface area contributed by atoms with Crippen molar-refractivity contribution < 1.29 is 43.0 Å². The van der Waals surface area contributed by atoms with Gasteiger partial charge in [-0.3, -0.25) is 24.0 Å². The molecule has 0 bridgehead atoms. The second-order valence-electron chi connectivity index (χ2n) is 21.2. The second-order valence-corrected chi connectivity index (χ2v) is 21.2. The minimum Gasteiger partial charge on any atom is -0.467 e. The number of aromatic nitrogens is 4. The highest BCUT2D eigenvalue weighted by Crippen LogP contribution is 2.37. The summed E-state index contributed by atoms with van der Waals surface area (Å²) in [6, 6.07) is 41.0. The zero-order valence-electron chi connectivity index (χ0n) is 46.6. The van der Waals surface area contributed by atoms with Crippen molar-refractivity contribution in [3.05, 3.63) is 216 Å². The summed E-state index contributed by atoms with van der Waals surface area (Å²) in [5.41, 5.74) is 0.650. The van der Waals surface area contributed by atoms with E-state index < -0.39 is 88.9 Å². The SMILES string of the molecule is COC(=O)[C@H](Cc1ccccc1)NC(=O)[C@H](Cc1cn(Cc2ccccc2)cn1)NC(=O)C(C)(C)NC(=O)[C@H](CC(=O)NC(c1ccccc1)(c1ccccc1)c1ccccc1)NC(=O)[C@H](Cc1cncn1C)NC(=O)OC(C)(C)C. The highest BCUT2D eigenvalue weighted by Gasteiger charge is 2.41. The molecule has 0 aliphatic heterocycles. The van der Waals surface area contributed by atoms with Crippen molar-refractivity contribution in [2.24, 2.45) is 7.05 Å². The first-order valence-electron chi connectivity index (χ1n) is 26.6. The Bertz CT molecular complexity index is 3140. The van der Waals surface area contributed by atoms with Gasteiger partial charge in [0.15, 0.2) is 0 Å². The van der Waals surface area contributed by atoms with Crippen LogP contribution in [0.2, 0.25) is 0 Å². The van der Waals surface area contributed by atoms with Gasteiger partial charge in [0, 0.05) is 50.9 Å². The van der Waals surface area contributed by atoms with Gasteiger partial charge in [-0.2, -0.15) is 0 Å². The van der Waals surface area contributed by atoms with Crippen LogP contribution >= 0.6 is 0 Å². The Morgan fingerprint density at radius 3 is 1.57 bits per heavy atom. The highest BCUT2D eigenvalue weighted by molar-refractivity contribution is 5.99. The van der Waals surface area contributed by atoms with Crippen molar-refractivity contribution in [1.82, 2.24) is 51.0 Å². The zero-order chi connectivity index (χ0) is 58.2. The van der Waals surface area contributed by atoms with Crippen molar-refractivity contribution in [3.8, 4) is 0 Å². The second kappa shape index (κ2) is 27.0. The van der Waals surface area contributed by atoms with Crippen LogP contribution in [0.3, 0.4) is 0 Å². The average Bonchev–Trinajstić information content (AvgIpc) is 4.09. The van der Waals surface area contributed by atoms with Gasteiger partial charge in [-0.05, 0) is 62.4 Å². The normalized spacial score (nSPS) is 13.0. The number of methoxy groups -OCH3 is 1. The number of amides is 6. The monoisotopic (exact) mass is 1100 g/mol. The van der Waals surface area contributed by atoms with Gasteiger partial charge in [-0.15, -0.1) is 0 Å². The molecule has 6 amide bonds. The van der Waals surface area contributed by atoms with Crippen LogP contribution in [0.1, 0.15) is 80.2 Å². The smallest absolute Gasteiger partial charge is 0.408 e. The number of benzene rings is 5. The summed E-state index contributed by atoms with van der Waals surface area (Å²) < 4.78 is 14.1. The third-order valence-electron chi connectivity index (χ3n) is 13.3. The molecule has 0 radical (unpaired) electrons. The predicted octanol–water partition coefficient (Wildman–Crippen LogP) is 5.61. The molecule has 6 N–H and O–H groups in total. The van der Waals surface area contributed by atoms with Gasteiger partial charge >= 0.3 is 12.1 Å². The van der Waals surface area contributed by atoms with Gasteiger partial charge in [0.2, 0.25) is 29.5 Å². The van der Waals surface area contributed by atoms with E-state index in [1.54, 1.807) is 69.2 Å². The molecule has 7 rings (SSSR count). The van der Waals surface area contributed by atoms with Gasteiger partial charge in [0.05, 0.1) is 31.9 Å². The fourth-order valence-electron chi connectivity index (χ4n) is 9.22. The number of hydrogen-bond acceptors (Lipinski definition) is 11. The lowest BCUT2D eigenvalue weighted by atomic mass is 9.77.